The second kappa shape index (κ2) is 5.74. The maximum Gasteiger partial charge on any atom is 0.161 e. The summed E-state index contributed by atoms with van der Waals surface area (Å²) < 4.78 is 28.6. The Morgan fingerprint density at radius 3 is 2.68 bits per heavy atom. The Morgan fingerprint density at radius 2 is 1.95 bits per heavy atom. The second-order valence-electron chi connectivity index (χ2n) is 4.76. The number of nitrogens with zero attached hydrogens (tertiary/aromatic N) is 3. The summed E-state index contributed by atoms with van der Waals surface area (Å²) in [5, 5.41) is 9.34. The molecule has 0 saturated carbocycles. The topological polar surface area (TPSA) is 41.6 Å². The Morgan fingerprint density at radius 1 is 1.18 bits per heavy atom. The normalized spacial score (nSPS) is 10.8. The quantitative estimate of drug-likeness (QED) is 0.711. The van der Waals surface area contributed by atoms with Gasteiger partial charge in [0.1, 0.15) is 5.82 Å². The van der Waals surface area contributed by atoms with Crippen LogP contribution in [0.4, 0.5) is 8.78 Å². The van der Waals surface area contributed by atoms with Gasteiger partial charge >= 0.3 is 0 Å². The van der Waals surface area contributed by atoms with Gasteiger partial charge < -0.3 is 4.57 Å². The summed E-state index contributed by atoms with van der Waals surface area (Å²) in [5.41, 5.74) is 1.51. The molecule has 22 heavy (non-hydrogen) atoms. The maximum absolute atomic E-state index is 13.5. The maximum atomic E-state index is 13.5. The molecule has 0 aliphatic carbocycles. The van der Waals surface area contributed by atoms with Gasteiger partial charge in [-0.1, -0.05) is 23.7 Å². The highest BCUT2D eigenvalue weighted by Gasteiger charge is 2.15. The molecule has 0 unspecified atom stereocenters. The van der Waals surface area contributed by atoms with E-state index in [1.54, 1.807) is 22.8 Å². The van der Waals surface area contributed by atoms with Gasteiger partial charge in [0.2, 0.25) is 0 Å². The monoisotopic (exact) mass is 317 g/mol. The van der Waals surface area contributed by atoms with Gasteiger partial charge in [-0.05, 0) is 12.1 Å². The molecule has 1 heterocycles. The van der Waals surface area contributed by atoms with Crippen LogP contribution in [0.2, 0.25) is 5.02 Å². The van der Waals surface area contributed by atoms with Crippen LogP contribution in [-0.2, 0) is 6.54 Å². The van der Waals surface area contributed by atoms with Crippen LogP contribution in [0, 0.1) is 23.0 Å². The van der Waals surface area contributed by atoms with E-state index in [0.29, 0.717) is 28.4 Å². The van der Waals surface area contributed by atoms with Gasteiger partial charge in [0.05, 0.1) is 23.5 Å². The van der Waals surface area contributed by atoms with Gasteiger partial charge in [-0.25, -0.2) is 13.8 Å². The minimum atomic E-state index is -0.949. The van der Waals surface area contributed by atoms with Crippen LogP contribution in [0.1, 0.15) is 6.42 Å². The van der Waals surface area contributed by atoms with Crippen molar-refractivity contribution in [2.75, 3.05) is 0 Å². The van der Waals surface area contributed by atoms with E-state index in [1.165, 1.54) is 0 Å². The summed E-state index contributed by atoms with van der Waals surface area (Å²) in [6, 6.07) is 11.2. The Kier molecular flexibility index (Phi) is 3.78. The minimum Gasteiger partial charge on any atom is -0.323 e. The van der Waals surface area contributed by atoms with Gasteiger partial charge in [-0.3, -0.25) is 0 Å². The van der Waals surface area contributed by atoms with Crippen molar-refractivity contribution >= 4 is 22.6 Å². The van der Waals surface area contributed by atoms with E-state index in [1.807, 2.05) is 12.1 Å². The number of nitriles is 1. The Bertz CT molecular complexity index is 896. The fourth-order valence-corrected chi connectivity index (χ4v) is 2.55. The summed E-state index contributed by atoms with van der Waals surface area (Å²) in [6.07, 6.45) is 0.234. The molecule has 110 valence electrons. The molecule has 0 amide bonds. The fraction of sp³-hybridized carbons (Fsp3) is 0.125. The molecule has 0 aliphatic heterocycles. The van der Waals surface area contributed by atoms with Gasteiger partial charge in [0.25, 0.3) is 0 Å². The smallest absolute Gasteiger partial charge is 0.161 e. The molecule has 0 atom stereocenters. The minimum absolute atomic E-state index is 0.234. The summed E-state index contributed by atoms with van der Waals surface area (Å²) in [6.45, 7) is 0.333. The van der Waals surface area contributed by atoms with Crippen molar-refractivity contribution in [2.24, 2.45) is 0 Å². The number of fused-ring (bicyclic) bond motifs is 1. The van der Waals surface area contributed by atoms with E-state index in [0.717, 1.165) is 17.7 Å². The molecule has 0 fully saturated rings. The van der Waals surface area contributed by atoms with Crippen molar-refractivity contribution in [1.82, 2.24) is 9.55 Å². The average molecular weight is 318 g/mol. The largest absolute Gasteiger partial charge is 0.323 e. The molecule has 3 rings (SSSR count). The highest BCUT2D eigenvalue weighted by Crippen LogP contribution is 2.28. The first kappa shape index (κ1) is 14.5. The standard InChI is InChI=1S/C16H10ClF2N3/c17-11-4-1-3-10(7-11)16-21-14-8-12(18)13(19)9-15(14)22(16)6-2-5-20/h1,3-4,7-9H,2,6H2. The van der Waals surface area contributed by atoms with Crippen molar-refractivity contribution in [3.05, 3.63) is 53.1 Å². The van der Waals surface area contributed by atoms with Crippen molar-refractivity contribution in [2.45, 2.75) is 13.0 Å². The number of aromatic nitrogens is 2. The first-order chi connectivity index (χ1) is 10.6. The molecule has 0 radical (unpaired) electrons. The number of halogens is 3. The molecule has 0 aliphatic rings. The van der Waals surface area contributed by atoms with E-state index >= 15 is 0 Å². The number of aryl methyl sites for hydroxylation is 1. The lowest BCUT2D eigenvalue weighted by molar-refractivity contribution is 0.510. The first-order valence-corrected chi connectivity index (χ1v) is 6.96. The predicted molar refractivity (Wildman–Crippen MR) is 80.3 cm³/mol. The Labute approximate surface area is 130 Å². The number of rotatable bonds is 3. The Hall–Kier alpha value is -2.45. The Balaban J connectivity index is 2.26. The van der Waals surface area contributed by atoms with E-state index in [4.69, 9.17) is 16.9 Å². The zero-order valence-corrected chi connectivity index (χ0v) is 12.1. The van der Waals surface area contributed by atoms with E-state index in [2.05, 4.69) is 4.98 Å². The second-order valence-corrected chi connectivity index (χ2v) is 5.20. The molecule has 1 aromatic heterocycles. The van der Waals surface area contributed by atoms with Crippen molar-refractivity contribution in [1.29, 1.82) is 5.26 Å². The summed E-state index contributed by atoms with van der Waals surface area (Å²) in [4.78, 5) is 4.37. The lowest BCUT2D eigenvalue weighted by atomic mass is 10.2. The molecule has 0 saturated heterocycles. The summed E-state index contributed by atoms with van der Waals surface area (Å²) in [5.74, 6) is -1.36. The van der Waals surface area contributed by atoms with Gasteiger partial charge in [-0.15, -0.1) is 0 Å². The number of hydrogen-bond acceptors (Lipinski definition) is 2. The molecular formula is C16H10ClF2N3. The van der Waals surface area contributed by atoms with Crippen LogP contribution < -0.4 is 0 Å². The van der Waals surface area contributed by atoms with Crippen molar-refractivity contribution in [3.63, 3.8) is 0 Å². The molecular weight excluding hydrogens is 308 g/mol. The third kappa shape index (κ3) is 2.53. The van der Waals surface area contributed by atoms with E-state index in [9.17, 15) is 8.78 Å². The number of imidazole rings is 1. The molecule has 6 heteroatoms. The molecule has 0 bridgehead atoms. The third-order valence-corrected chi connectivity index (χ3v) is 3.56. The summed E-state index contributed by atoms with van der Waals surface area (Å²) in [7, 11) is 0. The SMILES string of the molecule is N#CCCn1c(-c2cccc(Cl)c2)nc2cc(F)c(F)cc21. The van der Waals surface area contributed by atoms with Gasteiger partial charge in [-0.2, -0.15) is 5.26 Å². The molecule has 2 aromatic carbocycles. The number of benzene rings is 2. The lowest BCUT2D eigenvalue weighted by Gasteiger charge is -2.07. The zero-order valence-electron chi connectivity index (χ0n) is 11.4. The molecule has 0 spiro atoms. The van der Waals surface area contributed by atoms with Crippen LogP contribution >= 0.6 is 11.6 Å². The summed E-state index contributed by atoms with van der Waals surface area (Å²) >= 11 is 5.99. The molecule has 3 nitrogen and oxygen atoms in total. The predicted octanol–water partition coefficient (Wildman–Crippen LogP) is 4.55. The van der Waals surface area contributed by atoms with Crippen molar-refractivity contribution < 1.29 is 8.78 Å². The molecule has 3 aromatic rings. The highest BCUT2D eigenvalue weighted by atomic mass is 35.5. The zero-order chi connectivity index (χ0) is 15.7. The number of hydrogen-bond donors (Lipinski definition) is 0. The van der Waals surface area contributed by atoms with Crippen LogP contribution in [0.3, 0.4) is 0 Å². The van der Waals surface area contributed by atoms with Crippen LogP contribution in [0.5, 0.6) is 0 Å². The third-order valence-electron chi connectivity index (χ3n) is 3.32. The van der Waals surface area contributed by atoms with E-state index in [-0.39, 0.29) is 6.42 Å². The lowest BCUT2D eigenvalue weighted by Crippen LogP contribution is -2.00. The highest BCUT2D eigenvalue weighted by molar-refractivity contribution is 6.30. The molecule has 0 N–H and O–H groups in total. The first-order valence-electron chi connectivity index (χ1n) is 6.58. The van der Waals surface area contributed by atoms with Crippen molar-refractivity contribution in [3.8, 4) is 17.5 Å². The average Bonchev–Trinajstić information content (AvgIpc) is 2.83. The van der Waals surface area contributed by atoms with Crippen LogP contribution in [0.15, 0.2) is 36.4 Å². The van der Waals surface area contributed by atoms with Crippen LogP contribution in [-0.4, -0.2) is 9.55 Å². The van der Waals surface area contributed by atoms with Crippen LogP contribution in [0.25, 0.3) is 22.4 Å². The van der Waals surface area contributed by atoms with E-state index < -0.39 is 11.6 Å². The van der Waals surface area contributed by atoms with Gasteiger partial charge in [0.15, 0.2) is 11.6 Å². The van der Waals surface area contributed by atoms with Gasteiger partial charge in [0, 0.05) is 29.3 Å². The fourth-order valence-electron chi connectivity index (χ4n) is 2.36.